The van der Waals surface area contributed by atoms with Crippen LogP contribution in [0, 0.1) is 18.3 Å². The topological polar surface area (TPSA) is 0 Å². The fourth-order valence-corrected chi connectivity index (χ4v) is 2.17. The highest BCUT2D eigenvalue weighted by atomic mass is 14.3. The molecular formula is C8H13. The van der Waals surface area contributed by atoms with Crippen LogP contribution >= 0.6 is 0 Å². The molecule has 1 radical (unpaired) electrons. The zero-order valence-corrected chi connectivity index (χ0v) is 5.27. The Labute approximate surface area is 51.3 Å². The van der Waals surface area contributed by atoms with Crippen molar-refractivity contribution in [3.63, 3.8) is 0 Å². The third-order valence-electron chi connectivity index (χ3n) is 2.65. The first kappa shape index (κ1) is 4.84. The fraction of sp³-hybridized carbons (Fsp3) is 0.875. The molecule has 0 aromatic rings. The molecule has 0 aromatic heterocycles. The third-order valence-corrected chi connectivity index (χ3v) is 2.65. The lowest BCUT2D eigenvalue weighted by atomic mass is 9.89. The van der Waals surface area contributed by atoms with Gasteiger partial charge in [-0.2, -0.15) is 0 Å². The summed E-state index contributed by atoms with van der Waals surface area (Å²) in [5.41, 5.74) is 0. The van der Waals surface area contributed by atoms with Crippen molar-refractivity contribution < 1.29 is 0 Å². The van der Waals surface area contributed by atoms with Gasteiger partial charge in [0.05, 0.1) is 0 Å². The van der Waals surface area contributed by atoms with Gasteiger partial charge in [-0.05, 0) is 37.5 Å². The van der Waals surface area contributed by atoms with Crippen LogP contribution in [-0.4, -0.2) is 0 Å². The highest BCUT2D eigenvalue weighted by Crippen LogP contribution is 2.40. The van der Waals surface area contributed by atoms with E-state index in [1.54, 1.807) is 6.42 Å². The van der Waals surface area contributed by atoms with E-state index in [0.29, 0.717) is 0 Å². The summed E-state index contributed by atoms with van der Waals surface area (Å²) in [6.07, 6.45) is 9.96. The first-order valence-electron chi connectivity index (χ1n) is 3.77. The largest absolute Gasteiger partial charge is 0.0502 e. The average Bonchev–Trinajstić information content (AvgIpc) is 2.12. The van der Waals surface area contributed by atoms with E-state index >= 15 is 0 Å². The Bertz CT molecular complexity index is 72.0. The molecule has 0 amide bonds. The summed E-state index contributed by atoms with van der Waals surface area (Å²) in [5.74, 6) is 2.21. The first-order chi connectivity index (χ1) is 3.95. The Kier molecular flexibility index (Phi) is 1.06. The molecule has 0 spiro atoms. The zero-order valence-electron chi connectivity index (χ0n) is 5.27. The lowest BCUT2D eigenvalue weighted by Crippen LogP contribution is -2.04. The van der Waals surface area contributed by atoms with Crippen molar-refractivity contribution in [1.29, 1.82) is 0 Å². The van der Waals surface area contributed by atoms with Gasteiger partial charge in [0.2, 0.25) is 0 Å². The molecule has 2 unspecified atom stereocenters. The van der Waals surface area contributed by atoms with E-state index in [1.807, 2.05) is 0 Å². The summed E-state index contributed by atoms with van der Waals surface area (Å²) in [4.78, 5) is 0. The predicted molar refractivity (Wildman–Crippen MR) is 34.4 cm³/mol. The molecule has 2 bridgehead atoms. The van der Waals surface area contributed by atoms with Crippen molar-refractivity contribution in [2.75, 3.05) is 0 Å². The molecule has 45 valence electrons. The number of rotatable bonds is 0. The van der Waals surface area contributed by atoms with Crippen LogP contribution in [0.2, 0.25) is 0 Å². The molecule has 8 heavy (non-hydrogen) atoms. The highest BCUT2D eigenvalue weighted by molar-refractivity contribution is 4.88. The number of hydrogen-bond donors (Lipinski definition) is 0. The quantitative estimate of drug-likeness (QED) is 0.448. The monoisotopic (exact) mass is 109 g/mol. The van der Waals surface area contributed by atoms with Crippen LogP contribution in [0.1, 0.15) is 32.1 Å². The van der Waals surface area contributed by atoms with Crippen molar-refractivity contribution in [2.45, 2.75) is 32.1 Å². The van der Waals surface area contributed by atoms with Crippen molar-refractivity contribution in [3.05, 3.63) is 6.42 Å². The molecule has 2 fully saturated rings. The standard InChI is InChI=1S/C8H13/c1-2-7-4-5-8(3-1)6-7/h1,7-8H,2-6H2. The first-order valence-corrected chi connectivity index (χ1v) is 3.77. The molecule has 2 rings (SSSR count). The van der Waals surface area contributed by atoms with Gasteiger partial charge in [-0.1, -0.05) is 12.8 Å². The molecular weight excluding hydrogens is 96.1 g/mol. The molecule has 0 heteroatoms. The average molecular weight is 109 g/mol. The molecule has 2 aliphatic carbocycles. The summed E-state index contributed by atoms with van der Waals surface area (Å²) in [5, 5.41) is 0. The van der Waals surface area contributed by atoms with E-state index < -0.39 is 0 Å². The van der Waals surface area contributed by atoms with Gasteiger partial charge in [-0.15, -0.1) is 0 Å². The summed E-state index contributed by atoms with van der Waals surface area (Å²) in [6, 6.07) is 0. The second-order valence-electron chi connectivity index (χ2n) is 3.31. The molecule has 2 atom stereocenters. The Morgan fingerprint density at radius 3 is 2.12 bits per heavy atom. The maximum atomic E-state index is 2.49. The Balaban J connectivity index is 2.03. The molecule has 0 saturated heterocycles. The van der Waals surface area contributed by atoms with Crippen molar-refractivity contribution in [3.8, 4) is 0 Å². The Morgan fingerprint density at radius 2 is 1.62 bits per heavy atom. The Morgan fingerprint density at radius 1 is 1.00 bits per heavy atom. The van der Waals surface area contributed by atoms with Crippen LogP contribution in [0.4, 0.5) is 0 Å². The third kappa shape index (κ3) is 0.667. The minimum atomic E-state index is 1.11. The van der Waals surface area contributed by atoms with E-state index in [9.17, 15) is 0 Å². The van der Waals surface area contributed by atoms with Gasteiger partial charge in [0.15, 0.2) is 0 Å². The van der Waals surface area contributed by atoms with Gasteiger partial charge >= 0.3 is 0 Å². The normalized spacial score (nSPS) is 45.0. The lowest BCUT2D eigenvalue weighted by Gasteiger charge is -2.16. The molecule has 0 aliphatic heterocycles. The van der Waals surface area contributed by atoms with Crippen molar-refractivity contribution >= 4 is 0 Å². The number of hydrogen-bond acceptors (Lipinski definition) is 0. The van der Waals surface area contributed by atoms with E-state index in [-0.39, 0.29) is 0 Å². The van der Waals surface area contributed by atoms with Gasteiger partial charge < -0.3 is 0 Å². The van der Waals surface area contributed by atoms with E-state index in [0.717, 1.165) is 11.8 Å². The van der Waals surface area contributed by atoms with Crippen LogP contribution < -0.4 is 0 Å². The molecule has 2 aliphatic rings. The smallest absolute Gasteiger partial charge is 0.0380 e. The van der Waals surface area contributed by atoms with E-state index in [2.05, 4.69) is 6.42 Å². The van der Waals surface area contributed by atoms with Gasteiger partial charge in [0, 0.05) is 0 Å². The molecule has 0 heterocycles. The van der Waals surface area contributed by atoms with Crippen molar-refractivity contribution in [1.82, 2.24) is 0 Å². The van der Waals surface area contributed by atoms with Crippen molar-refractivity contribution in [2.24, 2.45) is 11.8 Å². The lowest BCUT2D eigenvalue weighted by molar-refractivity contribution is 0.422. The van der Waals surface area contributed by atoms with Gasteiger partial charge in [-0.3, -0.25) is 0 Å². The van der Waals surface area contributed by atoms with Crippen LogP contribution in [0.15, 0.2) is 0 Å². The minimum absolute atomic E-state index is 1.11. The summed E-state index contributed by atoms with van der Waals surface area (Å²) >= 11 is 0. The van der Waals surface area contributed by atoms with E-state index in [1.165, 1.54) is 25.7 Å². The maximum Gasteiger partial charge on any atom is -0.0380 e. The van der Waals surface area contributed by atoms with Gasteiger partial charge in [-0.25, -0.2) is 0 Å². The van der Waals surface area contributed by atoms with E-state index in [4.69, 9.17) is 0 Å². The summed E-state index contributed by atoms with van der Waals surface area (Å²) < 4.78 is 0. The number of fused-ring (bicyclic) bond motifs is 2. The second kappa shape index (κ2) is 1.75. The SMILES string of the molecule is [CH]1CC2CCC(C1)C2. The van der Waals surface area contributed by atoms with Crippen LogP contribution in [0.25, 0.3) is 0 Å². The van der Waals surface area contributed by atoms with Crippen LogP contribution in [-0.2, 0) is 0 Å². The fourth-order valence-electron chi connectivity index (χ4n) is 2.17. The maximum absolute atomic E-state index is 2.49. The predicted octanol–water partition coefficient (Wildman–Crippen LogP) is 2.40. The van der Waals surface area contributed by atoms with Crippen LogP contribution in [0.5, 0.6) is 0 Å². The molecule has 2 saturated carbocycles. The molecule has 0 N–H and O–H groups in total. The zero-order chi connectivity index (χ0) is 5.40. The van der Waals surface area contributed by atoms with Crippen LogP contribution in [0.3, 0.4) is 0 Å². The summed E-state index contributed by atoms with van der Waals surface area (Å²) in [6.45, 7) is 0. The van der Waals surface area contributed by atoms with Gasteiger partial charge in [0.1, 0.15) is 0 Å². The molecule has 0 nitrogen and oxygen atoms in total. The van der Waals surface area contributed by atoms with Gasteiger partial charge in [0.25, 0.3) is 0 Å². The summed E-state index contributed by atoms with van der Waals surface area (Å²) in [7, 11) is 0. The Hall–Kier alpha value is 0. The highest BCUT2D eigenvalue weighted by Gasteiger charge is 2.27. The molecule has 0 aromatic carbocycles. The second-order valence-corrected chi connectivity index (χ2v) is 3.31. The minimum Gasteiger partial charge on any atom is -0.0502 e.